The van der Waals surface area contributed by atoms with Crippen molar-refractivity contribution in [3.8, 4) is 0 Å². The first kappa shape index (κ1) is 22.3. The Morgan fingerprint density at radius 2 is 1.42 bits per heavy atom. The van der Waals surface area contributed by atoms with Gasteiger partial charge in [-0.05, 0) is 25.7 Å². The lowest BCUT2D eigenvalue weighted by Gasteiger charge is -2.03. The molecule has 0 atom stereocenters. The molecule has 138 valence electrons. The molecular formula is C20H34O4. The third-order valence-electron chi connectivity index (χ3n) is 3.78. The quantitative estimate of drug-likeness (QED) is 0.188. The van der Waals surface area contributed by atoms with Gasteiger partial charge in [-0.15, -0.1) is 0 Å². The molecule has 0 rings (SSSR count). The lowest BCUT2D eigenvalue weighted by Crippen LogP contribution is -1.92. The van der Waals surface area contributed by atoms with E-state index in [9.17, 15) is 15.0 Å². The van der Waals surface area contributed by atoms with Gasteiger partial charge in [-0.2, -0.15) is 0 Å². The molecule has 0 bridgehead atoms. The van der Waals surface area contributed by atoms with Gasteiger partial charge in [0.05, 0.1) is 0 Å². The van der Waals surface area contributed by atoms with Gasteiger partial charge in [0.2, 0.25) is 0 Å². The molecule has 0 unspecified atom stereocenters. The molecule has 0 fully saturated rings. The number of unbranched alkanes of at least 4 members (excludes halogenated alkanes) is 6. The fourth-order valence-electron chi connectivity index (χ4n) is 2.29. The average molecular weight is 338 g/mol. The van der Waals surface area contributed by atoms with Gasteiger partial charge in [-0.3, -0.25) is 4.79 Å². The van der Waals surface area contributed by atoms with Crippen LogP contribution in [-0.4, -0.2) is 21.3 Å². The Balaban J connectivity index is 3.74. The zero-order valence-electron chi connectivity index (χ0n) is 15.0. The summed E-state index contributed by atoms with van der Waals surface area (Å²) in [4.78, 5) is 10.3. The first-order chi connectivity index (χ1) is 11.6. The van der Waals surface area contributed by atoms with Crippen LogP contribution in [0.5, 0.6) is 0 Å². The summed E-state index contributed by atoms with van der Waals surface area (Å²) in [5.74, 6) is -0.587. The van der Waals surface area contributed by atoms with Gasteiger partial charge >= 0.3 is 5.97 Å². The summed E-state index contributed by atoms with van der Waals surface area (Å²) in [6.45, 7) is 2.19. The number of carboxylic acids is 1. The van der Waals surface area contributed by atoms with Crippen molar-refractivity contribution in [2.75, 3.05) is 0 Å². The van der Waals surface area contributed by atoms with Crippen LogP contribution in [-0.2, 0) is 4.79 Å². The third-order valence-corrected chi connectivity index (χ3v) is 3.78. The number of aliphatic hydroxyl groups is 2. The van der Waals surface area contributed by atoms with Gasteiger partial charge in [0.1, 0.15) is 11.5 Å². The smallest absolute Gasteiger partial charge is 0.303 e. The number of hydrogen-bond acceptors (Lipinski definition) is 3. The van der Waals surface area contributed by atoms with Crippen LogP contribution >= 0.6 is 0 Å². The van der Waals surface area contributed by atoms with Crippen molar-refractivity contribution in [3.63, 3.8) is 0 Å². The molecule has 0 spiro atoms. The van der Waals surface area contributed by atoms with E-state index in [0.29, 0.717) is 19.3 Å². The van der Waals surface area contributed by atoms with Crippen molar-refractivity contribution < 1.29 is 20.1 Å². The van der Waals surface area contributed by atoms with Crippen molar-refractivity contribution in [3.05, 3.63) is 35.8 Å². The van der Waals surface area contributed by atoms with Gasteiger partial charge in [0.15, 0.2) is 0 Å². The standard InChI is InChI=1S/C20H34O4/c1-2-3-4-5-9-12-15-18(21)19(22)16-13-10-7-6-8-11-14-17-20(23)24/h6,8,10,13,21-22H,2-5,7,9,11-12,14-17H2,1H3,(H,23,24)/b8-6-,13-10-,19-18-. The van der Waals surface area contributed by atoms with E-state index < -0.39 is 5.97 Å². The maximum Gasteiger partial charge on any atom is 0.303 e. The van der Waals surface area contributed by atoms with Gasteiger partial charge in [0, 0.05) is 19.3 Å². The number of aliphatic hydroxyl groups excluding tert-OH is 2. The van der Waals surface area contributed by atoms with Crippen LogP contribution in [0, 0.1) is 0 Å². The van der Waals surface area contributed by atoms with Crippen LogP contribution < -0.4 is 0 Å². The molecule has 0 saturated carbocycles. The fourth-order valence-corrected chi connectivity index (χ4v) is 2.29. The van der Waals surface area contributed by atoms with Crippen LogP contribution in [0.25, 0.3) is 0 Å². The van der Waals surface area contributed by atoms with E-state index in [4.69, 9.17) is 5.11 Å². The summed E-state index contributed by atoms with van der Waals surface area (Å²) in [5.41, 5.74) is 0. The summed E-state index contributed by atoms with van der Waals surface area (Å²) >= 11 is 0. The van der Waals surface area contributed by atoms with Crippen molar-refractivity contribution in [2.24, 2.45) is 0 Å². The van der Waals surface area contributed by atoms with Crippen molar-refractivity contribution >= 4 is 5.97 Å². The largest absolute Gasteiger partial charge is 0.509 e. The second kappa shape index (κ2) is 16.2. The van der Waals surface area contributed by atoms with Crippen molar-refractivity contribution in [2.45, 2.75) is 84.0 Å². The SMILES string of the molecule is CCCCCCCC/C(O)=C(/O)C/C=C\C/C=C\CCCC(=O)O. The normalized spacial score (nSPS) is 12.9. The Hall–Kier alpha value is -1.71. The molecular weight excluding hydrogens is 304 g/mol. The molecule has 0 aliphatic carbocycles. The highest BCUT2D eigenvalue weighted by Crippen LogP contribution is 2.14. The van der Waals surface area contributed by atoms with Gasteiger partial charge in [-0.25, -0.2) is 0 Å². The number of carboxylic acid groups (broad SMARTS) is 1. The molecule has 0 aromatic rings. The number of carbonyl (C=O) groups is 1. The van der Waals surface area contributed by atoms with E-state index in [-0.39, 0.29) is 17.9 Å². The van der Waals surface area contributed by atoms with Crippen LogP contribution in [0.4, 0.5) is 0 Å². The number of allylic oxidation sites excluding steroid dienone is 5. The third kappa shape index (κ3) is 15.2. The summed E-state index contributed by atoms with van der Waals surface area (Å²) in [5, 5.41) is 28.1. The highest BCUT2D eigenvalue weighted by atomic mass is 16.4. The lowest BCUT2D eigenvalue weighted by atomic mass is 10.1. The second-order valence-electron chi connectivity index (χ2n) is 6.08. The number of hydrogen-bond donors (Lipinski definition) is 3. The Kier molecular flexibility index (Phi) is 15.0. The van der Waals surface area contributed by atoms with E-state index in [1.807, 2.05) is 24.3 Å². The van der Waals surface area contributed by atoms with E-state index in [1.165, 1.54) is 25.7 Å². The summed E-state index contributed by atoms with van der Waals surface area (Å²) in [7, 11) is 0. The first-order valence-electron chi connectivity index (χ1n) is 9.19. The molecule has 24 heavy (non-hydrogen) atoms. The summed E-state index contributed by atoms with van der Waals surface area (Å²) < 4.78 is 0. The molecule has 3 N–H and O–H groups in total. The monoisotopic (exact) mass is 338 g/mol. The first-order valence-corrected chi connectivity index (χ1v) is 9.19. The predicted molar refractivity (Wildman–Crippen MR) is 99.3 cm³/mol. The zero-order chi connectivity index (χ0) is 18.0. The minimum Gasteiger partial charge on any atom is -0.509 e. The second-order valence-corrected chi connectivity index (χ2v) is 6.08. The highest BCUT2D eigenvalue weighted by molar-refractivity contribution is 5.66. The molecule has 0 aliphatic heterocycles. The highest BCUT2D eigenvalue weighted by Gasteiger charge is 2.02. The average Bonchev–Trinajstić information content (AvgIpc) is 2.55. The topological polar surface area (TPSA) is 77.8 Å². The molecule has 0 aromatic carbocycles. The van der Waals surface area contributed by atoms with E-state index in [2.05, 4.69) is 6.92 Å². The maximum atomic E-state index is 10.3. The summed E-state index contributed by atoms with van der Waals surface area (Å²) in [6, 6.07) is 0. The van der Waals surface area contributed by atoms with E-state index in [0.717, 1.165) is 25.7 Å². The molecule has 4 heteroatoms. The van der Waals surface area contributed by atoms with Crippen molar-refractivity contribution in [1.82, 2.24) is 0 Å². The predicted octanol–water partition coefficient (Wildman–Crippen LogP) is 6.21. The number of aliphatic carboxylic acids is 1. The van der Waals surface area contributed by atoms with Crippen LogP contribution in [0.15, 0.2) is 35.8 Å². The fraction of sp³-hybridized carbons (Fsp3) is 0.650. The van der Waals surface area contributed by atoms with Gasteiger partial charge in [0.25, 0.3) is 0 Å². The minimum absolute atomic E-state index is 0.0604. The van der Waals surface area contributed by atoms with Gasteiger partial charge in [-0.1, -0.05) is 63.3 Å². The van der Waals surface area contributed by atoms with Crippen LogP contribution in [0.3, 0.4) is 0 Å². The molecule has 4 nitrogen and oxygen atoms in total. The molecule has 0 radical (unpaired) electrons. The summed E-state index contributed by atoms with van der Waals surface area (Å²) in [6.07, 6.45) is 18.0. The van der Waals surface area contributed by atoms with E-state index >= 15 is 0 Å². The molecule has 0 amide bonds. The zero-order valence-corrected chi connectivity index (χ0v) is 15.0. The van der Waals surface area contributed by atoms with Crippen molar-refractivity contribution in [1.29, 1.82) is 0 Å². The maximum absolute atomic E-state index is 10.3. The molecule has 0 saturated heterocycles. The Morgan fingerprint density at radius 3 is 2.12 bits per heavy atom. The van der Waals surface area contributed by atoms with Gasteiger partial charge < -0.3 is 15.3 Å². The molecule has 0 aliphatic rings. The molecule has 0 aromatic heterocycles. The number of rotatable bonds is 15. The Morgan fingerprint density at radius 1 is 0.750 bits per heavy atom. The van der Waals surface area contributed by atoms with Crippen LogP contribution in [0.1, 0.15) is 84.0 Å². The molecule has 0 heterocycles. The van der Waals surface area contributed by atoms with Crippen LogP contribution in [0.2, 0.25) is 0 Å². The Bertz CT molecular complexity index is 408. The van der Waals surface area contributed by atoms with E-state index in [1.54, 1.807) is 0 Å². The Labute approximate surface area is 146 Å². The minimum atomic E-state index is -0.758. The lowest BCUT2D eigenvalue weighted by molar-refractivity contribution is -0.137.